The predicted octanol–water partition coefficient (Wildman–Crippen LogP) is 0.862. The van der Waals surface area contributed by atoms with Crippen molar-refractivity contribution >= 4 is 10.1 Å². The third-order valence-corrected chi connectivity index (χ3v) is 3.18. The van der Waals surface area contributed by atoms with Crippen LogP contribution in [-0.4, -0.2) is 18.7 Å². The van der Waals surface area contributed by atoms with Gasteiger partial charge >= 0.3 is 0 Å². The fraction of sp³-hybridized carbons (Fsp3) is 0.545. The van der Waals surface area contributed by atoms with Crippen molar-refractivity contribution in [3.05, 3.63) is 30.1 Å². The van der Waals surface area contributed by atoms with Gasteiger partial charge in [0, 0.05) is 23.8 Å². The molecule has 0 N–H and O–H groups in total. The van der Waals surface area contributed by atoms with Gasteiger partial charge in [-0.3, -0.25) is 0 Å². The van der Waals surface area contributed by atoms with E-state index in [4.69, 9.17) is 0 Å². The average molecular weight is 243 g/mol. The van der Waals surface area contributed by atoms with E-state index in [1.165, 1.54) is 5.56 Å². The van der Waals surface area contributed by atoms with Gasteiger partial charge in [-0.25, -0.2) is 13.0 Å². The second-order valence-electron chi connectivity index (χ2n) is 3.77. The van der Waals surface area contributed by atoms with Crippen molar-refractivity contribution in [2.75, 3.05) is 5.75 Å². The minimum Gasteiger partial charge on any atom is -0.748 e. The van der Waals surface area contributed by atoms with E-state index in [9.17, 15) is 13.0 Å². The molecule has 90 valence electrons. The molecule has 0 saturated heterocycles. The van der Waals surface area contributed by atoms with Gasteiger partial charge in [0.15, 0.2) is 12.4 Å². The molecule has 1 aromatic heterocycles. The van der Waals surface area contributed by atoms with Gasteiger partial charge in [0.05, 0.1) is 10.1 Å². The number of hydrogen-bond acceptors (Lipinski definition) is 3. The lowest BCUT2D eigenvalue weighted by Crippen LogP contribution is -2.33. The summed E-state index contributed by atoms with van der Waals surface area (Å²) >= 11 is 0. The number of unbranched alkanes of at least 4 members (excludes halogenated alkanes) is 1. The molecule has 0 aliphatic carbocycles. The Labute approximate surface area is 96.7 Å². The smallest absolute Gasteiger partial charge is 0.171 e. The van der Waals surface area contributed by atoms with Crippen molar-refractivity contribution in [3.63, 3.8) is 0 Å². The number of aryl methyl sites for hydroxylation is 2. The Bertz CT molecular complexity index is 429. The third kappa shape index (κ3) is 5.23. The molecule has 0 amide bonds. The summed E-state index contributed by atoms with van der Waals surface area (Å²) < 4.78 is 33.2. The van der Waals surface area contributed by atoms with Crippen molar-refractivity contribution in [1.82, 2.24) is 0 Å². The second kappa shape index (κ2) is 5.96. The van der Waals surface area contributed by atoms with Crippen molar-refractivity contribution < 1.29 is 17.5 Å². The summed E-state index contributed by atoms with van der Waals surface area (Å²) in [6, 6.07) is 4.03. The largest absolute Gasteiger partial charge is 0.748 e. The van der Waals surface area contributed by atoms with E-state index in [0.717, 1.165) is 13.0 Å². The predicted molar refractivity (Wildman–Crippen MR) is 59.8 cm³/mol. The zero-order valence-corrected chi connectivity index (χ0v) is 10.2. The van der Waals surface area contributed by atoms with Crippen LogP contribution in [0.2, 0.25) is 0 Å². The Hall–Kier alpha value is -0.940. The summed E-state index contributed by atoms with van der Waals surface area (Å²) in [5.41, 5.74) is 1.25. The van der Waals surface area contributed by atoms with Gasteiger partial charge in [0.2, 0.25) is 0 Å². The van der Waals surface area contributed by atoms with Crippen LogP contribution in [0.4, 0.5) is 0 Å². The lowest BCUT2D eigenvalue weighted by atomic mass is 10.2. The van der Waals surface area contributed by atoms with Crippen molar-refractivity contribution in [1.29, 1.82) is 0 Å². The number of pyridine rings is 1. The molecule has 0 radical (unpaired) electrons. The number of rotatable bonds is 6. The van der Waals surface area contributed by atoms with Crippen LogP contribution in [0.1, 0.15) is 25.3 Å². The molecule has 0 fully saturated rings. The summed E-state index contributed by atoms with van der Waals surface area (Å²) in [7, 11) is -4.05. The molecular formula is C11H17NO3S. The molecule has 0 unspecified atom stereocenters. The number of nitrogens with zero attached hydrogens (tertiary/aromatic N) is 1. The molecule has 4 nitrogen and oxygen atoms in total. The molecule has 0 aliphatic rings. The van der Waals surface area contributed by atoms with Crippen LogP contribution in [-0.2, 0) is 23.1 Å². The van der Waals surface area contributed by atoms with Gasteiger partial charge in [0.1, 0.15) is 6.54 Å². The molecule has 0 spiro atoms. The first-order chi connectivity index (χ1) is 7.51. The van der Waals surface area contributed by atoms with Crippen LogP contribution in [0.15, 0.2) is 24.5 Å². The van der Waals surface area contributed by atoms with Gasteiger partial charge < -0.3 is 4.55 Å². The summed E-state index contributed by atoms with van der Waals surface area (Å²) in [6.07, 6.45) is 6.11. The monoisotopic (exact) mass is 243 g/mol. The first kappa shape index (κ1) is 13.1. The van der Waals surface area contributed by atoms with E-state index >= 15 is 0 Å². The average Bonchev–Trinajstić information content (AvgIpc) is 2.23. The third-order valence-electron chi connectivity index (χ3n) is 2.39. The first-order valence-corrected chi connectivity index (χ1v) is 7.00. The van der Waals surface area contributed by atoms with E-state index in [1.807, 2.05) is 23.0 Å². The molecule has 1 aromatic rings. The highest BCUT2D eigenvalue weighted by Gasteiger charge is 2.02. The van der Waals surface area contributed by atoms with Crippen LogP contribution in [0, 0.1) is 0 Å². The molecule has 0 atom stereocenters. The number of aromatic nitrogens is 1. The Morgan fingerprint density at radius 3 is 2.75 bits per heavy atom. The maximum absolute atomic E-state index is 10.4. The van der Waals surface area contributed by atoms with Crippen molar-refractivity contribution in [2.45, 2.75) is 32.7 Å². The lowest BCUT2D eigenvalue weighted by Gasteiger charge is -2.04. The molecule has 0 bridgehead atoms. The number of hydrogen-bond donors (Lipinski definition) is 0. The van der Waals surface area contributed by atoms with Crippen molar-refractivity contribution in [2.24, 2.45) is 0 Å². The van der Waals surface area contributed by atoms with E-state index in [-0.39, 0.29) is 5.75 Å². The van der Waals surface area contributed by atoms with Gasteiger partial charge in [-0.05, 0) is 18.9 Å². The summed E-state index contributed by atoms with van der Waals surface area (Å²) in [5, 5.41) is 0. The quantitative estimate of drug-likeness (QED) is 0.423. The van der Waals surface area contributed by atoms with Crippen LogP contribution < -0.4 is 4.57 Å². The topological polar surface area (TPSA) is 61.1 Å². The summed E-state index contributed by atoms with van der Waals surface area (Å²) in [6.45, 7) is 2.84. The molecule has 0 aliphatic heterocycles. The van der Waals surface area contributed by atoms with Crippen molar-refractivity contribution in [3.8, 4) is 0 Å². The Morgan fingerprint density at radius 1 is 1.38 bits per heavy atom. The van der Waals surface area contributed by atoms with Crippen LogP contribution >= 0.6 is 0 Å². The molecule has 1 heterocycles. The van der Waals surface area contributed by atoms with Gasteiger partial charge in [-0.1, -0.05) is 6.92 Å². The van der Waals surface area contributed by atoms with Crippen LogP contribution in [0.25, 0.3) is 0 Å². The Kier molecular flexibility index (Phi) is 4.89. The van der Waals surface area contributed by atoms with E-state index in [0.29, 0.717) is 12.8 Å². The van der Waals surface area contributed by atoms with E-state index in [1.54, 1.807) is 0 Å². The zero-order chi connectivity index (χ0) is 12.0. The fourth-order valence-electron chi connectivity index (χ4n) is 1.50. The SMILES string of the molecule is CCc1ccc[n+](CCCCS(=O)(=O)[O-])c1. The molecule has 5 heteroatoms. The first-order valence-electron chi connectivity index (χ1n) is 5.43. The minimum atomic E-state index is -4.05. The van der Waals surface area contributed by atoms with Gasteiger partial charge in [-0.15, -0.1) is 0 Å². The maximum atomic E-state index is 10.4. The standard InChI is InChI=1S/C11H17NO3S/c1-2-11-6-5-8-12(10-11)7-3-4-9-16(13,14)15/h5-6,8,10H,2-4,7,9H2,1H3. The Balaban J connectivity index is 2.37. The fourth-order valence-corrected chi connectivity index (χ4v) is 2.06. The molecule has 1 rings (SSSR count). The van der Waals surface area contributed by atoms with Crippen LogP contribution in [0.3, 0.4) is 0 Å². The van der Waals surface area contributed by atoms with Gasteiger partial charge in [0.25, 0.3) is 0 Å². The molecular weight excluding hydrogens is 226 g/mol. The second-order valence-corrected chi connectivity index (χ2v) is 5.30. The minimum absolute atomic E-state index is 0.263. The lowest BCUT2D eigenvalue weighted by molar-refractivity contribution is -0.697. The molecule has 16 heavy (non-hydrogen) atoms. The molecule has 0 aromatic carbocycles. The maximum Gasteiger partial charge on any atom is 0.171 e. The summed E-state index contributed by atoms with van der Waals surface area (Å²) in [5.74, 6) is -0.263. The Morgan fingerprint density at radius 2 is 2.12 bits per heavy atom. The van der Waals surface area contributed by atoms with Gasteiger partial charge in [-0.2, -0.15) is 0 Å². The highest BCUT2D eigenvalue weighted by molar-refractivity contribution is 7.85. The summed E-state index contributed by atoms with van der Waals surface area (Å²) in [4.78, 5) is 0. The van der Waals surface area contributed by atoms with E-state index < -0.39 is 10.1 Å². The van der Waals surface area contributed by atoms with E-state index in [2.05, 4.69) is 13.0 Å². The highest BCUT2D eigenvalue weighted by atomic mass is 32.2. The normalized spacial score (nSPS) is 11.6. The molecule has 0 saturated carbocycles. The van der Waals surface area contributed by atoms with Crippen LogP contribution in [0.5, 0.6) is 0 Å². The zero-order valence-electron chi connectivity index (χ0n) is 9.43. The highest BCUT2D eigenvalue weighted by Crippen LogP contribution is 1.97.